The van der Waals surface area contributed by atoms with Gasteiger partial charge >= 0.3 is 22.5 Å². The minimum absolute atomic E-state index is 0.0516. The topological polar surface area (TPSA) is 80.2 Å². The highest BCUT2D eigenvalue weighted by atomic mass is 32.3. The van der Waals surface area contributed by atoms with E-state index in [1.54, 1.807) is 0 Å². The van der Waals surface area contributed by atoms with Crippen molar-refractivity contribution < 1.29 is 39.3 Å². The number of hydrogen-bond donors (Lipinski definition) is 1. The zero-order valence-corrected chi connectivity index (χ0v) is 18.7. The summed E-state index contributed by atoms with van der Waals surface area (Å²) in [6.45, 7) is 0. The predicted octanol–water partition coefficient (Wildman–Crippen LogP) is 6.82. The summed E-state index contributed by atoms with van der Waals surface area (Å²) in [7, 11) is -4.44. The number of aromatic nitrogens is 2. The molecule has 0 amide bonds. The molecule has 4 rings (SSSR count). The maximum Gasteiger partial charge on any atom is 0.416 e. The second kappa shape index (κ2) is 8.73. The van der Waals surface area contributed by atoms with E-state index in [1.165, 1.54) is 24.4 Å². The average molecular weight is 530 g/mol. The van der Waals surface area contributed by atoms with Gasteiger partial charge in [0.25, 0.3) is 0 Å². The Morgan fingerprint density at radius 2 is 1.31 bits per heavy atom. The first-order valence-corrected chi connectivity index (χ1v) is 11.8. The molecule has 0 unspecified atom stereocenters. The van der Waals surface area contributed by atoms with Gasteiger partial charge < -0.3 is 0 Å². The van der Waals surface area contributed by atoms with Gasteiger partial charge in [-0.2, -0.15) is 34.8 Å². The molecule has 0 atom stereocenters. The summed E-state index contributed by atoms with van der Waals surface area (Å²) in [6, 6.07) is 10.4. The number of alkyl halides is 6. The Bertz CT molecular complexity index is 1490. The lowest BCUT2D eigenvalue weighted by Gasteiger charge is -2.13. The SMILES string of the molecule is O=S(=O)(O)c1ccc(-c2cc(-c3cc(C(F)(F)F)cc(-c4ccc(C(F)(F)F)cc4)n3)ccn2)s1. The molecule has 1 aromatic carbocycles. The Labute approximate surface area is 198 Å². The molecule has 0 aliphatic carbocycles. The molecule has 1 N–H and O–H groups in total. The molecule has 0 aliphatic rings. The maximum atomic E-state index is 13.6. The molecule has 182 valence electrons. The third-order valence-corrected chi connectivity index (χ3v) is 7.23. The van der Waals surface area contributed by atoms with Crippen molar-refractivity contribution in [2.45, 2.75) is 16.6 Å². The van der Waals surface area contributed by atoms with Crippen LogP contribution in [0.5, 0.6) is 0 Å². The summed E-state index contributed by atoms with van der Waals surface area (Å²) < 4.78 is 111. The van der Waals surface area contributed by atoms with Crippen molar-refractivity contribution in [1.82, 2.24) is 9.97 Å². The molecule has 5 nitrogen and oxygen atoms in total. The minimum Gasteiger partial charge on any atom is -0.281 e. The number of hydrogen-bond acceptors (Lipinski definition) is 5. The molecule has 13 heteroatoms. The summed E-state index contributed by atoms with van der Waals surface area (Å²) in [5.41, 5.74) is -1.84. The van der Waals surface area contributed by atoms with Crippen LogP contribution in [0.4, 0.5) is 26.3 Å². The standard InChI is InChI=1S/C22H12F6N2O3S2/c23-21(24,25)14-3-1-12(2-4-14)16-10-15(22(26,27)28)11-17(30-16)13-7-8-29-18(9-13)19-5-6-20(34-19)35(31,32)33/h1-11H,(H,31,32,33). The van der Waals surface area contributed by atoms with Gasteiger partial charge in [-0.15, -0.1) is 11.3 Å². The zero-order chi connectivity index (χ0) is 25.6. The Hall–Kier alpha value is -3.29. The third kappa shape index (κ3) is 5.52. The van der Waals surface area contributed by atoms with E-state index >= 15 is 0 Å². The Kier molecular flexibility index (Phi) is 6.19. The first-order chi connectivity index (χ1) is 16.2. The first kappa shape index (κ1) is 24.8. The van der Waals surface area contributed by atoms with Crippen LogP contribution in [0.2, 0.25) is 0 Å². The second-order valence-corrected chi connectivity index (χ2v) is 9.95. The van der Waals surface area contributed by atoms with Crippen molar-refractivity contribution in [2.75, 3.05) is 0 Å². The van der Waals surface area contributed by atoms with E-state index in [9.17, 15) is 39.3 Å². The van der Waals surface area contributed by atoms with Crippen LogP contribution in [0.1, 0.15) is 11.1 Å². The van der Waals surface area contributed by atoms with Crippen molar-refractivity contribution >= 4 is 21.5 Å². The van der Waals surface area contributed by atoms with Crippen LogP contribution in [-0.4, -0.2) is 22.9 Å². The fourth-order valence-corrected chi connectivity index (χ4v) is 4.78. The fraction of sp³-hybridized carbons (Fsp3) is 0.0909. The zero-order valence-electron chi connectivity index (χ0n) is 17.1. The maximum absolute atomic E-state index is 13.6. The lowest BCUT2D eigenvalue weighted by molar-refractivity contribution is -0.138. The van der Waals surface area contributed by atoms with E-state index in [-0.39, 0.29) is 32.4 Å². The van der Waals surface area contributed by atoms with Crippen molar-refractivity contribution in [3.8, 4) is 33.1 Å². The molecule has 0 saturated heterocycles. The minimum atomic E-state index is -4.76. The number of thiophene rings is 1. The van der Waals surface area contributed by atoms with Gasteiger partial charge in [-0.05, 0) is 48.5 Å². The van der Waals surface area contributed by atoms with Gasteiger partial charge in [-0.1, -0.05) is 12.1 Å². The van der Waals surface area contributed by atoms with E-state index in [4.69, 9.17) is 0 Å². The van der Waals surface area contributed by atoms with Gasteiger partial charge in [0.1, 0.15) is 4.21 Å². The highest BCUT2D eigenvalue weighted by Crippen LogP contribution is 2.37. The van der Waals surface area contributed by atoms with Crippen LogP contribution in [0.15, 0.2) is 71.1 Å². The third-order valence-electron chi connectivity index (χ3n) is 4.80. The van der Waals surface area contributed by atoms with E-state index in [0.29, 0.717) is 16.2 Å². The van der Waals surface area contributed by atoms with E-state index < -0.39 is 33.6 Å². The van der Waals surface area contributed by atoms with Crippen LogP contribution in [0.25, 0.3) is 33.1 Å². The largest absolute Gasteiger partial charge is 0.416 e. The van der Waals surface area contributed by atoms with Gasteiger partial charge in [-0.3, -0.25) is 9.54 Å². The van der Waals surface area contributed by atoms with Crippen molar-refractivity contribution in [3.63, 3.8) is 0 Å². The molecule has 35 heavy (non-hydrogen) atoms. The van der Waals surface area contributed by atoms with Gasteiger partial charge in [-0.25, -0.2) is 4.98 Å². The Balaban J connectivity index is 1.80. The average Bonchev–Trinajstić information content (AvgIpc) is 3.29. The Morgan fingerprint density at radius 3 is 1.86 bits per heavy atom. The fourth-order valence-electron chi connectivity index (χ4n) is 3.14. The second-order valence-electron chi connectivity index (χ2n) is 7.22. The highest BCUT2D eigenvalue weighted by molar-refractivity contribution is 7.88. The summed E-state index contributed by atoms with van der Waals surface area (Å²) >= 11 is 0.715. The van der Waals surface area contributed by atoms with E-state index in [2.05, 4.69) is 9.97 Å². The summed E-state index contributed by atoms with van der Waals surface area (Å²) in [5, 5.41) is 0. The summed E-state index contributed by atoms with van der Waals surface area (Å²) in [4.78, 5) is 8.64. The number of halogens is 6. The van der Waals surface area contributed by atoms with Gasteiger partial charge in [0, 0.05) is 17.3 Å². The quantitative estimate of drug-likeness (QED) is 0.231. The molecule has 0 aliphatic heterocycles. The van der Waals surface area contributed by atoms with Crippen molar-refractivity contribution in [2.24, 2.45) is 0 Å². The number of nitrogens with zero attached hydrogens (tertiary/aromatic N) is 2. The Morgan fingerprint density at radius 1 is 0.714 bits per heavy atom. The molecular formula is C22H12F6N2O3S2. The normalized spacial score (nSPS) is 12.7. The lowest BCUT2D eigenvalue weighted by atomic mass is 10.0. The summed E-state index contributed by atoms with van der Waals surface area (Å²) in [5.74, 6) is 0. The highest BCUT2D eigenvalue weighted by Gasteiger charge is 2.33. The van der Waals surface area contributed by atoms with E-state index in [1.807, 2.05) is 0 Å². The molecule has 3 heterocycles. The number of benzene rings is 1. The molecule has 0 bridgehead atoms. The molecule has 0 radical (unpaired) electrons. The smallest absolute Gasteiger partial charge is 0.281 e. The molecule has 0 saturated carbocycles. The van der Waals surface area contributed by atoms with Crippen LogP contribution in [-0.2, 0) is 22.5 Å². The predicted molar refractivity (Wildman–Crippen MR) is 116 cm³/mol. The first-order valence-electron chi connectivity index (χ1n) is 9.53. The van der Waals surface area contributed by atoms with Gasteiger partial charge in [0.15, 0.2) is 0 Å². The number of pyridine rings is 2. The lowest BCUT2D eigenvalue weighted by Crippen LogP contribution is -2.07. The monoisotopic (exact) mass is 530 g/mol. The molecule has 0 fully saturated rings. The van der Waals surface area contributed by atoms with Crippen LogP contribution >= 0.6 is 11.3 Å². The molecule has 0 spiro atoms. The van der Waals surface area contributed by atoms with Crippen molar-refractivity contribution in [1.29, 1.82) is 0 Å². The summed E-state index contributed by atoms with van der Waals surface area (Å²) in [6.07, 6.45) is -8.07. The molecular weight excluding hydrogens is 518 g/mol. The van der Waals surface area contributed by atoms with E-state index in [0.717, 1.165) is 42.5 Å². The number of rotatable bonds is 4. The van der Waals surface area contributed by atoms with Gasteiger partial charge in [0.2, 0.25) is 0 Å². The molecule has 4 aromatic rings. The van der Waals surface area contributed by atoms with Crippen LogP contribution < -0.4 is 0 Å². The van der Waals surface area contributed by atoms with Gasteiger partial charge in [0.05, 0.1) is 33.1 Å². The van der Waals surface area contributed by atoms with Crippen LogP contribution in [0.3, 0.4) is 0 Å². The molecule has 3 aromatic heterocycles. The van der Waals surface area contributed by atoms with Crippen molar-refractivity contribution in [3.05, 3.63) is 78.0 Å². The van der Waals surface area contributed by atoms with Crippen LogP contribution in [0, 0.1) is 0 Å².